The normalized spacial score (nSPS) is 15.4. The third kappa shape index (κ3) is 5.97. The molecule has 0 unspecified atom stereocenters. The van der Waals surface area contributed by atoms with E-state index >= 15 is 0 Å². The summed E-state index contributed by atoms with van der Waals surface area (Å²) in [5.41, 5.74) is 7.36. The summed E-state index contributed by atoms with van der Waals surface area (Å²) in [6, 6.07) is 9.37. The number of carbonyl (C=O) groups excluding carboxylic acids is 1. The standard InChI is InChI=1S/C19H21ClN6O.C4H11N/c20-14-3-1-13(2-4-14)11-23-18(27)19(21)6-9-26(10-7-19)17-15-5-8-22-16(15)24-12-25-17;1-4-5(2)3/h1-5,8,12H,6-7,9-11,21H2,(H,23,27)(H,22,24,25);4H2,1-3H3. The second-order valence-corrected chi connectivity index (χ2v) is 8.72. The smallest absolute Gasteiger partial charge is 0.240 e. The minimum atomic E-state index is -0.868. The van der Waals surface area contributed by atoms with Gasteiger partial charge in [-0.2, -0.15) is 0 Å². The van der Waals surface area contributed by atoms with Crippen LogP contribution in [0, 0.1) is 0 Å². The molecule has 0 bridgehead atoms. The summed E-state index contributed by atoms with van der Waals surface area (Å²) in [5, 5.41) is 4.61. The Morgan fingerprint density at radius 1 is 1.22 bits per heavy atom. The molecule has 1 aromatic carbocycles. The van der Waals surface area contributed by atoms with Gasteiger partial charge in [0.15, 0.2) is 0 Å². The highest BCUT2D eigenvalue weighted by Crippen LogP contribution is 2.28. The molecule has 0 radical (unpaired) electrons. The molecule has 1 aliphatic heterocycles. The number of fused-ring (bicyclic) bond motifs is 1. The minimum absolute atomic E-state index is 0.119. The Kier molecular flexibility index (Phi) is 8.06. The molecule has 1 amide bonds. The van der Waals surface area contributed by atoms with Crippen LogP contribution in [0.2, 0.25) is 5.02 Å². The van der Waals surface area contributed by atoms with Gasteiger partial charge in [-0.15, -0.1) is 0 Å². The Bertz CT molecular complexity index is 1010. The average molecular weight is 458 g/mol. The summed E-state index contributed by atoms with van der Waals surface area (Å²) in [6.45, 7) is 5.04. The molecule has 172 valence electrons. The zero-order chi connectivity index (χ0) is 23.1. The molecule has 4 N–H and O–H groups in total. The van der Waals surface area contributed by atoms with E-state index in [1.54, 1.807) is 6.33 Å². The molecule has 9 heteroatoms. The molecular weight excluding hydrogens is 426 g/mol. The van der Waals surface area contributed by atoms with Crippen LogP contribution in [-0.2, 0) is 11.3 Å². The summed E-state index contributed by atoms with van der Waals surface area (Å²) < 4.78 is 0. The van der Waals surface area contributed by atoms with Crippen molar-refractivity contribution in [3.05, 3.63) is 53.4 Å². The number of aromatic amines is 1. The third-order valence-corrected chi connectivity index (χ3v) is 5.99. The molecule has 32 heavy (non-hydrogen) atoms. The van der Waals surface area contributed by atoms with Crippen LogP contribution in [0.25, 0.3) is 11.0 Å². The number of piperidine rings is 1. The second kappa shape index (κ2) is 10.8. The van der Waals surface area contributed by atoms with Gasteiger partial charge in [0.25, 0.3) is 0 Å². The number of amides is 1. The summed E-state index contributed by atoms with van der Waals surface area (Å²) in [5.74, 6) is 0.761. The van der Waals surface area contributed by atoms with Crippen molar-refractivity contribution in [1.82, 2.24) is 25.2 Å². The number of halogens is 1. The molecule has 8 nitrogen and oxygen atoms in total. The Morgan fingerprint density at radius 3 is 2.50 bits per heavy atom. The summed E-state index contributed by atoms with van der Waals surface area (Å²) >= 11 is 5.89. The van der Waals surface area contributed by atoms with Crippen LogP contribution in [0.4, 0.5) is 5.82 Å². The second-order valence-electron chi connectivity index (χ2n) is 8.29. The summed E-state index contributed by atoms with van der Waals surface area (Å²) in [4.78, 5) is 28.7. The first-order valence-corrected chi connectivity index (χ1v) is 11.2. The molecule has 1 saturated heterocycles. The molecular formula is C23H32ClN7O. The number of nitrogens with zero attached hydrogens (tertiary/aromatic N) is 4. The van der Waals surface area contributed by atoms with Crippen molar-refractivity contribution >= 4 is 34.4 Å². The first-order chi connectivity index (χ1) is 15.3. The van der Waals surface area contributed by atoms with Crippen molar-refractivity contribution in [2.45, 2.75) is 31.8 Å². The van der Waals surface area contributed by atoms with E-state index in [9.17, 15) is 4.79 Å². The maximum Gasteiger partial charge on any atom is 0.240 e. The average Bonchev–Trinajstić information content (AvgIpc) is 3.28. The zero-order valence-electron chi connectivity index (χ0n) is 18.9. The number of benzene rings is 1. The van der Waals surface area contributed by atoms with Crippen molar-refractivity contribution in [2.24, 2.45) is 5.73 Å². The van der Waals surface area contributed by atoms with Gasteiger partial charge in [0, 0.05) is 30.9 Å². The number of carbonyl (C=O) groups is 1. The highest BCUT2D eigenvalue weighted by Gasteiger charge is 2.38. The first kappa shape index (κ1) is 24.0. The quantitative estimate of drug-likeness (QED) is 0.544. The fraction of sp³-hybridized carbons (Fsp3) is 0.435. The first-order valence-electron chi connectivity index (χ1n) is 10.8. The lowest BCUT2D eigenvalue weighted by atomic mass is 9.87. The molecule has 0 aliphatic carbocycles. The Morgan fingerprint density at radius 2 is 1.88 bits per heavy atom. The minimum Gasteiger partial charge on any atom is -0.356 e. The zero-order valence-corrected chi connectivity index (χ0v) is 19.7. The van der Waals surface area contributed by atoms with Crippen LogP contribution in [0.15, 0.2) is 42.9 Å². The van der Waals surface area contributed by atoms with Crippen LogP contribution in [0.1, 0.15) is 25.3 Å². The van der Waals surface area contributed by atoms with E-state index in [2.05, 4.69) is 51.1 Å². The van der Waals surface area contributed by atoms with E-state index in [0.29, 0.717) is 37.5 Å². The lowest BCUT2D eigenvalue weighted by Crippen LogP contribution is -2.59. The fourth-order valence-corrected chi connectivity index (χ4v) is 3.54. The number of hydrogen-bond donors (Lipinski definition) is 3. The van der Waals surface area contributed by atoms with Crippen LogP contribution >= 0.6 is 11.6 Å². The van der Waals surface area contributed by atoms with Crippen molar-refractivity contribution in [3.8, 4) is 0 Å². The lowest BCUT2D eigenvalue weighted by Gasteiger charge is -2.38. The Hall–Kier alpha value is -2.68. The van der Waals surface area contributed by atoms with Crippen LogP contribution in [-0.4, -0.2) is 65.0 Å². The van der Waals surface area contributed by atoms with Crippen molar-refractivity contribution < 1.29 is 4.79 Å². The number of hydrogen-bond acceptors (Lipinski definition) is 6. The van der Waals surface area contributed by atoms with Crippen LogP contribution in [0.3, 0.4) is 0 Å². The van der Waals surface area contributed by atoms with Gasteiger partial charge in [0.1, 0.15) is 17.8 Å². The topological polar surface area (TPSA) is 103 Å². The fourth-order valence-electron chi connectivity index (χ4n) is 3.42. The van der Waals surface area contributed by atoms with Gasteiger partial charge in [-0.05, 0) is 57.2 Å². The Labute approximate surface area is 194 Å². The van der Waals surface area contributed by atoms with Gasteiger partial charge in [-0.1, -0.05) is 30.7 Å². The van der Waals surface area contributed by atoms with Crippen molar-refractivity contribution in [3.63, 3.8) is 0 Å². The number of nitrogens with two attached hydrogens (primary N) is 1. The van der Waals surface area contributed by atoms with E-state index in [1.807, 2.05) is 36.5 Å². The third-order valence-electron chi connectivity index (χ3n) is 5.74. The molecule has 3 aromatic rings. The number of aromatic nitrogens is 3. The largest absolute Gasteiger partial charge is 0.356 e. The monoisotopic (exact) mass is 457 g/mol. The maximum atomic E-state index is 12.7. The molecule has 4 rings (SSSR count). The van der Waals surface area contributed by atoms with E-state index in [4.69, 9.17) is 17.3 Å². The van der Waals surface area contributed by atoms with Gasteiger partial charge in [-0.25, -0.2) is 9.97 Å². The number of H-pyrrole nitrogens is 1. The van der Waals surface area contributed by atoms with E-state index in [-0.39, 0.29) is 5.91 Å². The van der Waals surface area contributed by atoms with E-state index in [0.717, 1.165) is 29.0 Å². The maximum absolute atomic E-state index is 12.7. The molecule has 0 spiro atoms. The Balaban J connectivity index is 0.000000523. The molecule has 0 atom stereocenters. The molecule has 1 fully saturated rings. The number of rotatable bonds is 5. The summed E-state index contributed by atoms with van der Waals surface area (Å²) in [6.07, 6.45) is 4.53. The van der Waals surface area contributed by atoms with Gasteiger partial charge < -0.3 is 25.8 Å². The predicted octanol–water partition coefficient (Wildman–Crippen LogP) is 2.79. The van der Waals surface area contributed by atoms with Crippen LogP contribution in [0.5, 0.6) is 0 Å². The molecule has 2 aromatic heterocycles. The molecule has 1 aliphatic rings. The van der Waals surface area contributed by atoms with E-state index in [1.165, 1.54) is 0 Å². The SMILES string of the molecule is CCN(C)C.NC1(C(=O)NCc2ccc(Cl)cc2)CCN(c2ncnc3[nH]ccc23)CC1. The van der Waals surface area contributed by atoms with Gasteiger partial charge in [0.2, 0.25) is 5.91 Å². The summed E-state index contributed by atoms with van der Waals surface area (Å²) in [7, 11) is 4.11. The predicted molar refractivity (Wildman–Crippen MR) is 130 cm³/mol. The number of anilines is 1. The molecule has 3 heterocycles. The van der Waals surface area contributed by atoms with Crippen LogP contribution < -0.4 is 16.0 Å². The van der Waals surface area contributed by atoms with E-state index < -0.39 is 5.54 Å². The number of nitrogens with one attached hydrogen (secondary N) is 2. The van der Waals surface area contributed by atoms with Gasteiger partial charge >= 0.3 is 0 Å². The van der Waals surface area contributed by atoms with Gasteiger partial charge in [0.05, 0.1) is 10.9 Å². The lowest BCUT2D eigenvalue weighted by molar-refractivity contribution is -0.127. The molecule has 0 saturated carbocycles. The van der Waals surface area contributed by atoms with Crippen molar-refractivity contribution in [2.75, 3.05) is 38.6 Å². The van der Waals surface area contributed by atoms with Gasteiger partial charge in [-0.3, -0.25) is 4.79 Å². The van der Waals surface area contributed by atoms with Crippen molar-refractivity contribution in [1.29, 1.82) is 0 Å². The highest BCUT2D eigenvalue weighted by molar-refractivity contribution is 6.30. The highest BCUT2D eigenvalue weighted by atomic mass is 35.5.